The van der Waals surface area contributed by atoms with Crippen LogP contribution in [-0.4, -0.2) is 5.11 Å². The Morgan fingerprint density at radius 2 is 2.00 bits per heavy atom. The van der Waals surface area contributed by atoms with Crippen molar-refractivity contribution < 1.29 is 5.11 Å². The van der Waals surface area contributed by atoms with Gasteiger partial charge in [0.05, 0.1) is 6.26 Å². The summed E-state index contributed by atoms with van der Waals surface area (Å²) >= 11 is 0. The maximum Gasteiger partial charge on any atom is 0.0794 e. The second kappa shape index (κ2) is 3.48. The minimum Gasteiger partial charge on any atom is -0.516 e. The molecule has 13 heavy (non-hydrogen) atoms. The van der Waals surface area contributed by atoms with Crippen molar-refractivity contribution in [3.05, 3.63) is 53.3 Å². The van der Waals surface area contributed by atoms with Gasteiger partial charge in [-0.15, -0.1) is 0 Å². The Kier molecular flexibility index (Phi) is 2.17. The molecule has 0 spiro atoms. The maximum atomic E-state index is 8.65. The number of rotatable bonds is 1. The van der Waals surface area contributed by atoms with Crippen LogP contribution in [0, 0.1) is 0 Å². The molecule has 66 valence electrons. The van der Waals surface area contributed by atoms with Gasteiger partial charge in [-0.25, -0.2) is 0 Å². The van der Waals surface area contributed by atoms with Crippen molar-refractivity contribution in [3.63, 3.8) is 0 Å². The molecule has 0 radical (unpaired) electrons. The van der Waals surface area contributed by atoms with Crippen molar-refractivity contribution in [1.82, 2.24) is 0 Å². The number of hydrogen-bond donors (Lipinski definition) is 1. The zero-order valence-corrected chi connectivity index (χ0v) is 7.40. The van der Waals surface area contributed by atoms with Gasteiger partial charge in [-0.1, -0.05) is 30.3 Å². The predicted molar refractivity (Wildman–Crippen MR) is 54.5 cm³/mol. The first-order chi connectivity index (χ1) is 6.40. The summed E-state index contributed by atoms with van der Waals surface area (Å²) < 4.78 is 0. The van der Waals surface area contributed by atoms with Gasteiger partial charge in [0.25, 0.3) is 0 Å². The van der Waals surface area contributed by atoms with E-state index in [2.05, 4.69) is 24.3 Å². The van der Waals surface area contributed by atoms with E-state index < -0.39 is 0 Å². The number of aliphatic hydroxyl groups excluding tert-OH is 1. The minimum atomic E-state index is 1.02. The van der Waals surface area contributed by atoms with Crippen LogP contribution in [0.1, 0.15) is 17.5 Å². The van der Waals surface area contributed by atoms with E-state index in [1.54, 1.807) is 6.08 Å². The Hall–Kier alpha value is -1.50. The molecule has 0 unspecified atom stereocenters. The lowest BCUT2D eigenvalue weighted by molar-refractivity contribution is 0.473. The normalized spacial score (nSPS) is 15.5. The highest BCUT2D eigenvalue weighted by atomic mass is 16.2. The van der Waals surface area contributed by atoms with E-state index in [1.807, 2.05) is 6.07 Å². The van der Waals surface area contributed by atoms with Gasteiger partial charge in [0.2, 0.25) is 0 Å². The largest absolute Gasteiger partial charge is 0.516 e. The highest BCUT2D eigenvalue weighted by molar-refractivity contribution is 5.61. The summed E-state index contributed by atoms with van der Waals surface area (Å²) in [4.78, 5) is 0. The summed E-state index contributed by atoms with van der Waals surface area (Å²) in [5.74, 6) is 0. The second-order valence-electron chi connectivity index (χ2n) is 3.23. The van der Waals surface area contributed by atoms with Crippen LogP contribution in [0.5, 0.6) is 0 Å². The molecule has 0 amide bonds. The van der Waals surface area contributed by atoms with Crippen molar-refractivity contribution in [3.8, 4) is 0 Å². The number of aliphatic hydroxyl groups is 1. The summed E-state index contributed by atoms with van der Waals surface area (Å²) in [6.45, 7) is 0. The summed E-state index contributed by atoms with van der Waals surface area (Å²) in [5, 5.41) is 8.65. The van der Waals surface area contributed by atoms with Gasteiger partial charge >= 0.3 is 0 Å². The third kappa shape index (κ3) is 1.64. The average molecular weight is 172 g/mol. The topological polar surface area (TPSA) is 20.2 Å². The molecule has 1 aliphatic rings. The predicted octanol–water partition coefficient (Wildman–Crippen LogP) is 3.09. The molecule has 1 aromatic rings. The van der Waals surface area contributed by atoms with Gasteiger partial charge in [-0.2, -0.15) is 0 Å². The summed E-state index contributed by atoms with van der Waals surface area (Å²) in [6, 6.07) is 8.38. The van der Waals surface area contributed by atoms with Crippen molar-refractivity contribution in [2.45, 2.75) is 12.8 Å². The van der Waals surface area contributed by atoms with Crippen LogP contribution >= 0.6 is 0 Å². The molecule has 0 bridgehead atoms. The first-order valence-corrected chi connectivity index (χ1v) is 4.49. The molecule has 1 N–H and O–H groups in total. The third-order valence-electron chi connectivity index (χ3n) is 2.37. The van der Waals surface area contributed by atoms with Crippen LogP contribution in [0.3, 0.4) is 0 Å². The number of fused-ring (bicyclic) bond motifs is 1. The Bertz CT molecular complexity index is 361. The van der Waals surface area contributed by atoms with Crippen molar-refractivity contribution >= 4 is 6.08 Å². The van der Waals surface area contributed by atoms with Gasteiger partial charge in [0.15, 0.2) is 0 Å². The van der Waals surface area contributed by atoms with E-state index in [0.717, 1.165) is 19.1 Å². The lowest BCUT2D eigenvalue weighted by atomic mass is 9.92. The molecule has 2 rings (SSSR count). The molecule has 0 saturated heterocycles. The summed E-state index contributed by atoms with van der Waals surface area (Å²) in [5.41, 5.74) is 3.88. The Labute approximate surface area is 78.0 Å². The van der Waals surface area contributed by atoms with E-state index in [1.165, 1.54) is 16.7 Å². The van der Waals surface area contributed by atoms with E-state index in [4.69, 9.17) is 5.11 Å². The van der Waals surface area contributed by atoms with Crippen LogP contribution in [0.2, 0.25) is 0 Å². The van der Waals surface area contributed by atoms with Crippen LogP contribution in [0.15, 0.2) is 42.2 Å². The smallest absolute Gasteiger partial charge is 0.0794 e. The Morgan fingerprint density at radius 3 is 2.85 bits per heavy atom. The van der Waals surface area contributed by atoms with Crippen molar-refractivity contribution in [1.29, 1.82) is 0 Å². The molecule has 0 aliphatic heterocycles. The Morgan fingerprint density at radius 1 is 1.15 bits per heavy atom. The number of aryl methyl sites for hydroxylation is 1. The highest BCUT2D eigenvalue weighted by Gasteiger charge is 2.06. The quantitative estimate of drug-likeness (QED) is 0.645. The zero-order valence-electron chi connectivity index (χ0n) is 7.40. The zero-order chi connectivity index (χ0) is 9.10. The van der Waals surface area contributed by atoms with Crippen LogP contribution in [-0.2, 0) is 6.42 Å². The summed E-state index contributed by atoms with van der Waals surface area (Å²) in [7, 11) is 0. The molecule has 1 aliphatic carbocycles. The monoisotopic (exact) mass is 172 g/mol. The van der Waals surface area contributed by atoms with Gasteiger partial charge in [-0.3, -0.25) is 0 Å². The maximum absolute atomic E-state index is 8.65. The fourth-order valence-electron chi connectivity index (χ4n) is 1.68. The highest BCUT2D eigenvalue weighted by Crippen LogP contribution is 2.23. The van der Waals surface area contributed by atoms with Crippen molar-refractivity contribution in [2.75, 3.05) is 0 Å². The lowest BCUT2D eigenvalue weighted by Gasteiger charge is -2.13. The minimum absolute atomic E-state index is 1.02. The molecule has 0 fully saturated rings. The molecular formula is C12H12O. The molecule has 0 atom stereocenters. The van der Waals surface area contributed by atoms with Gasteiger partial charge in [0.1, 0.15) is 0 Å². The fraction of sp³-hybridized carbons (Fsp3) is 0.167. The molecular weight excluding hydrogens is 160 g/mol. The molecule has 0 aromatic heterocycles. The number of hydrogen-bond acceptors (Lipinski definition) is 1. The van der Waals surface area contributed by atoms with Crippen LogP contribution in [0.4, 0.5) is 0 Å². The molecule has 1 nitrogen and oxygen atoms in total. The molecule has 0 saturated carbocycles. The molecule has 0 heterocycles. The second-order valence-corrected chi connectivity index (χ2v) is 3.23. The molecule has 1 heteroatoms. The first kappa shape index (κ1) is 8.11. The Balaban J connectivity index is 2.38. The standard InChI is InChI=1S/C12H12O/c13-8-7-10-5-6-11-3-1-2-4-12(11)9-10/h1-4,7-9,13H,5-6H2/b8-7+. The van der Waals surface area contributed by atoms with E-state index in [0.29, 0.717) is 0 Å². The average Bonchev–Trinajstić information content (AvgIpc) is 2.18. The van der Waals surface area contributed by atoms with E-state index in [9.17, 15) is 0 Å². The van der Waals surface area contributed by atoms with E-state index in [-0.39, 0.29) is 0 Å². The lowest BCUT2D eigenvalue weighted by Crippen LogP contribution is -1.97. The number of allylic oxidation sites excluding steroid dienone is 2. The van der Waals surface area contributed by atoms with Gasteiger partial charge in [0, 0.05) is 0 Å². The summed E-state index contributed by atoms with van der Waals surface area (Å²) in [6.07, 6.45) is 7.10. The van der Waals surface area contributed by atoms with E-state index >= 15 is 0 Å². The third-order valence-corrected chi connectivity index (χ3v) is 2.37. The van der Waals surface area contributed by atoms with Gasteiger partial charge in [-0.05, 0) is 35.6 Å². The fourth-order valence-corrected chi connectivity index (χ4v) is 1.68. The SMILES string of the molecule is O/C=C/C1=Cc2ccccc2CC1. The first-order valence-electron chi connectivity index (χ1n) is 4.49. The van der Waals surface area contributed by atoms with Crippen molar-refractivity contribution in [2.24, 2.45) is 0 Å². The van der Waals surface area contributed by atoms with Gasteiger partial charge < -0.3 is 5.11 Å². The van der Waals surface area contributed by atoms with Crippen LogP contribution < -0.4 is 0 Å². The number of benzene rings is 1. The molecule has 1 aromatic carbocycles. The van der Waals surface area contributed by atoms with Crippen LogP contribution in [0.25, 0.3) is 6.08 Å².